The average molecular weight is 1100 g/mol. The van der Waals surface area contributed by atoms with Crippen molar-refractivity contribution < 1.29 is 133 Å². The van der Waals surface area contributed by atoms with Crippen molar-refractivity contribution in [2.45, 2.75) is 168 Å². The van der Waals surface area contributed by atoms with Crippen molar-refractivity contribution in [2.24, 2.45) is 0 Å². The van der Waals surface area contributed by atoms with E-state index in [2.05, 4.69) is 11.8 Å². The Kier molecular flexibility index (Phi) is 23.5. The third-order valence-electron chi connectivity index (χ3n) is 10.5. The SMILES string of the molecule is CC(=O)OC[C@H]1O[C@@H](Oc2ccc(C#CCO[C@@H]3O[C@H](COC(C)=O)[C@@H](O[C@@H]4O[C@H](COC(C)=O)[C@H](OC(C)=O)[C@H](OC(C)=O)[C@H]4OC(C)=O)[C@H](OC(C)=O)[C@H]3OC(C)=O)cc2)[C@H](OC(C)=O)[C@@H](OC(C)=O)[C@H]1OC(C)=O. The zero-order valence-corrected chi connectivity index (χ0v) is 43.7. The molecule has 0 aliphatic carbocycles. The zero-order chi connectivity index (χ0) is 57.3. The van der Waals surface area contributed by atoms with E-state index in [1.807, 2.05) is 0 Å². The zero-order valence-electron chi connectivity index (χ0n) is 43.7. The minimum absolute atomic E-state index is 0.100. The molecule has 77 heavy (non-hydrogen) atoms. The summed E-state index contributed by atoms with van der Waals surface area (Å²) in [5.41, 5.74) is 0.354. The van der Waals surface area contributed by atoms with E-state index in [-0.39, 0.29) is 5.75 Å². The van der Waals surface area contributed by atoms with Gasteiger partial charge in [-0.25, -0.2) is 0 Å². The van der Waals surface area contributed by atoms with E-state index in [9.17, 15) is 52.7 Å². The quantitative estimate of drug-likeness (QED) is 0.0952. The number of rotatable bonds is 20. The highest BCUT2D eigenvalue weighted by atomic mass is 16.8. The summed E-state index contributed by atoms with van der Waals surface area (Å²) in [6, 6.07) is 5.87. The molecule has 3 saturated heterocycles. The second-order valence-corrected chi connectivity index (χ2v) is 17.0. The van der Waals surface area contributed by atoms with Crippen LogP contribution in [-0.2, 0) is 129 Å². The van der Waals surface area contributed by atoms with Gasteiger partial charge in [-0.15, -0.1) is 0 Å². The number of hydrogen-bond acceptors (Lipinski definition) is 28. The molecule has 0 unspecified atom stereocenters. The van der Waals surface area contributed by atoms with Gasteiger partial charge in [0.1, 0.15) is 56.6 Å². The second kappa shape index (κ2) is 29.2. The molecule has 0 bridgehead atoms. The first-order valence-electron chi connectivity index (χ1n) is 23.5. The molecule has 3 aliphatic heterocycles. The second-order valence-electron chi connectivity index (χ2n) is 17.0. The summed E-state index contributed by atoms with van der Waals surface area (Å²) in [7, 11) is 0. The molecule has 3 fully saturated rings. The highest BCUT2D eigenvalue weighted by Gasteiger charge is 2.58. The van der Waals surface area contributed by atoms with E-state index in [0.29, 0.717) is 5.56 Å². The lowest BCUT2D eigenvalue weighted by Gasteiger charge is -2.48. The highest BCUT2D eigenvalue weighted by molar-refractivity contribution is 5.71. The molecule has 1 aromatic carbocycles. The number of ether oxygens (including phenoxy) is 17. The summed E-state index contributed by atoms with van der Waals surface area (Å²) in [6.07, 6.45) is -24.0. The van der Waals surface area contributed by atoms with Gasteiger partial charge < -0.3 is 80.5 Å². The molecule has 0 aromatic heterocycles. The van der Waals surface area contributed by atoms with E-state index in [4.69, 9.17) is 80.5 Å². The van der Waals surface area contributed by atoms with Crippen LogP contribution in [0.5, 0.6) is 5.75 Å². The maximum absolute atomic E-state index is 12.8. The van der Waals surface area contributed by atoms with Gasteiger partial charge in [-0.2, -0.15) is 0 Å². The first kappa shape index (κ1) is 62.1. The normalized spacial score (nSPS) is 28.4. The standard InChI is InChI=1S/C49H60O28/c1-22(50)62-19-35-38(65-25(4)53)41(67-27(6)55)45(71-31(10)59)48(75-35)73-34-16-14-33(15-17-34)13-12-18-61-47-44(70-30(9)58)43(69-29(8)57)40(37(74-47)21-64-24(3)52)77-49-46(72-32(11)60)42(68-28(7)56)39(66-26(5)54)36(76-49)20-63-23(2)51/h14-17,35-49H,18-21H2,1-11H3/t35-,36-,37-,38+,39+,40-,41+,42+,43+,44-,45-,46-,47-,48-,49+/m1/s1. The van der Waals surface area contributed by atoms with Crippen LogP contribution in [0.4, 0.5) is 0 Å². The minimum Gasteiger partial charge on any atom is -0.463 e. The summed E-state index contributed by atoms with van der Waals surface area (Å²) in [4.78, 5) is 135. The molecule has 1 aromatic rings. The molecule has 0 amide bonds. The largest absolute Gasteiger partial charge is 0.463 e. The minimum atomic E-state index is -1.90. The van der Waals surface area contributed by atoms with Crippen molar-refractivity contribution in [3.05, 3.63) is 29.8 Å². The Hall–Kier alpha value is -7.45. The molecule has 28 nitrogen and oxygen atoms in total. The number of carbonyl (C=O) groups is 11. The Labute approximate surface area is 440 Å². The average Bonchev–Trinajstić information content (AvgIpc) is 3.31. The molecule has 4 rings (SSSR count). The van der Waals surface area contributed by atoms with Crippen molar-refractivity contribution in [3.8, 4) is 17.6 Å². The molecule has 0 radical (unpaired) electrons. The van der Waals surface area contributed by atoms with Gasteiger partial charge in [0.05, 0.1) is 0 Å². The predicted octanol–water partition coefficient (Wildman–Crippen LogP) is 0.136. The topological polar surface area (TPSA) is 345 Å². The molecule has 15 atom stereocenters. The van der Waals surface area contributed by atoms with E-state index in [1.54, 1.807) is 0 Å². The van der Waals surface area contributed by atoms with Crippen LogP contribution in [-0.4, -0.2) is 184 Å². The van der Waals surface area contributed by atoms with E-state index < -0.39 is 184 Å². The number of benzene rings is 1. The molecule has 0 N–H and O–H groups in total. The fourth-order valence-electron chi connectivity index (χ4n) is 7.90. The van der Waals surface area contributed by atoms with Gasteiger partial charge in [0, 0.05) is 81.7 Å². The summed E-state index contributed by atoms with van der Waals surface area (Å²) in [5.74, 6) is -3.86. The first-order valence-corrected chi connectivity index (χ1v) is 23.5. The molecule has 28 heteroatoms. The van der Waals surface area contributed by atoms with Gasteiger partial charge in [0.15, 0.2) is 55.3 Å². The maximum atomic E-state index is 12.8. The summed E-state index contributed by atoms with van der Waals surface area (Å²) >= 11 is 0. The van der Waals surface area contributed by atoms with Gasteiger partial charge in [-0.05, 0) is 24.3 Å². The summed E-state index contributed by atoms with van der Waals surface area (Å²) < 4.78 is 96.1. The Balaban J connectivity index is 1.65. The molecular formula is C49H60O28. The van der Waals surface area contributed by atoms with E-state index in [1.165, 1.54) is 24.3 Å². The molecular weight excluding hydrogens is 1040 g/mol. The van der Waals surface area contributed by atoms with Crippen molar-refractivity contribution in [1.82, 2.24) is 0 Å². The Morgan fingerprint density at radius 2 is 0.688 bits per heavy atom. The van der Waals surface area contributed by atoms with Crippen molar-refractivity contribution in [1.29, 1.82) is 0 Å². The van der Waals surface area contributed by atoms with Crippen molar-refractivity contribution in [3.63, 3.8) is 0 Å². The summed E-state index contributed by atoms with van der Waals surface area (Å²) in [5, 5.41) is 0. The van der Waals surface area contributed by atoms with Gasteiger partial charge >= 0.3 is 65.7 Å². The number of hydrogen-bond donors (Lipinski definition) is 0. The lowest BCUT2D eigenvalue weighted by Crippen LogP contribution is -2.67. The fraction of sp³-hybridized carbons (Fsp3) is 0.612. The molecule has 3 aliphatic rings. The number of esters is 11. The van der Waals surface area contributed by atoms with Crippen molar-refractivity contribution >= 4 is 65.7 Å². The number of carbonyl (C=O) groups excluding carboxylic acids is 11. The summed E-state index contributed by atoms with van der Waals surface area (Å²) in [6.45, 7) is 9.27. The van der Waals surface area contributed by atoms with Crippen LogP contribution in [0.15, 0.2) is 24.3 Å². The first-order chi connectivity index (χ1) is 36.2. The van der Waals surface area contributed by atoms with Gasteiger partial charge in [0.2, 0.25) is 12.4 Å². The highest BCUT2D eigenvalue weighted by Crippen LogP contribution is 2.36. The van der Waals surface area contributed by atoms with Crippen LogP contribution in [0.2, 0.25) is 0 Å². The fourth-order valence-corrected chi connectivity index (χ4v) is 7.90. The predicted molar refractivity (Wildman–Crippen MR) is 245 cm³/mol. The van der Waals surface area contributed by atoms with Crippen LogP contribution in [0.1, 0.15) is 81.7 Å². The van der Waals surface area contributed by atoms with Crippen molar-refractivity contribution in [2.75, 3.05) is 26.4 Å². The lowest BCUT2D eigenvalue weighted by molar-refractivity contribution is -0.360. The molecule has 3 heterocycles. The third-order valence-corrected chi connectivity index (χ3v) is 10.5. The van der Waals surface area contributed by atoms with Crippen LogP contribution in [0, 0.1) is 11.8 Å². The molecule has 0 saturated carbocycles. The maximum Gasteiger partial charge on any atom is 0.303 e. The smallest absolute Gasteiger partial charge is 0.303 e. The monoisotopic (exact) mass is 1100 g/mol. The lowest BCUT2D eigenvalue weighted by atomic mass is 9.96. The van der Waals surface area contributed by atoms with Gasteiger partial charge in [-0.3, -0.25) is 52.7 Å². The van der Waals surface area contributed by atoms with Crippen LogP contribution in [0.25, 0.3) is 0 Å². The van der Waals surface area contributed by atoms with Crippen LogP contribution in [0.3, 0.4) is 0 Å². The van der Waals surface area contributed by atoms with Crippen LogP contribution >= 0.6 is 0 Å². The van der Waals surface area contributed by atoms with Gasteiger partial charge in [0.25, 0.3) is 0 Å². The Bertz CT molecular complexity index is 2370. The van der Waals surface area contributed by atoms with E-state index >= 15 is 0 Å². The van der Waals surface area contributed by atoms with E-state index in [0.717, 1.165) is 76.2 Å². The van der Waals surface area contributed by atoms with Gasteiger partial charge in [-0.1, -0.05) is 11.8 Å². The Morgan fingerprint density at radius 3 is 1.08 bits per heavy atom. The molecule has 0 spiro atoms. The Morgan fingerprint density at radius 1 is 0.377 bits per heavy atom. The molecule has 424 valence electrons. The van der Waals surface area contributed by atoms with Crippen LogP contribution < -0.4 is 4.74 Å². The third kappa shape index (κ3) is 19.6.